The van der Waals surface area contributed by atoms with Gasteiger partial charge in [-0.25, -0.2) is 5.84 Å². The second-order valence-electron chi connectivity index (χ2n) is 6.00. The van der Waals surface area contributed by atoms with Gasteiger partial charge in [-0.15, -0.1) is 0 Å². The van der Waals surface area contributed by atoms with Gasteiger partial charge in [0.1, 0.15) is 0 Å². The summed E-state index contributed by atoms with van der Waals surface area (Å²) in [5.41, 5.74) is 1.88. The molecule has 1 amide bonds. The molecule has 2 atom stereocenters. The van der Waals surface area contributed by atoms with Crippen LogP contribution >= 0.6 is 0 Å². The standard InChI is InChI=1S/C12H23N3O/c1-12(2,11(16)14-13)8-15-6-9-4-3-5-10(9)7-15/h9-10H,3-8,13H2,1-2H3,(H,14,16). The van der Waals surface area contributed by atoms with Gasteiger partial charge in [-0.3, -0.25) is 10.2 Å². The van der Waals surface area contributed by atoms with Crippen molar-refractivity contribution in [1.29, 1.82) is 0 Å². The molecule has 0 aromatic heterocycles. The Morgan fingerprint density at radius 1 is 1.38 bits per heavy atom. The van der Waals surface area contributed by atoms with Crippen LogP contribution in [0, 0.1) is 17.3 Å². The average Bonchev–Trinajstić information content (AvgIpc) is 2.75. The predicted octanol–water partition coefficient (Wildman–Crippen LogP) is 0.734. The fourth-order valence-electron chi connectivity index (χ4n) is 3.29. The van der Waals surface area contributed by atoms with Crippen LogP contribution < -0.4 is 11.3 Å². The maximum Gasteiger partial charge on any atom is 0.240 e. The molecule has 0 bridgehead atoms. The van der Waals surface area contributed by atoms with Gasteiger partial charge in [0.25, 0.3) is 0 Å². The number of amides is 1. The van der Waals surface area contributed by atoms with Gasteiger partial charge in [0.05, 0.1) is 5.41 Å². The van der Waals surface area contributed by atoms with Gasteiger partial charge in [0.15, 0.2) is 0 Å². The van der Waals surface area contributed by atoms with E-state index in [0.29, 0.717) is 0 Å². The number of nitrogens with one attached hydrogen (secondary N) is 1. The lowest BCUT2D eigenvalue weighted by Crippen LogP contribution is -2.47. The fraction of sp³-hybridized carbons (Fsp3) is 0.917. The van der Waals surface area contributed by atoms with Gasteiger partial charge < -0.3 is 4.90 Å². The molecular formula is C12H23N3O. The van der Waals surface area contributed by atoms with Gasteiger partial charge in [-0.05, 0) is 38.5 Å². The first-order chi connectivity index (χ1) is 7.53. The SMILES string of the molecule is CC(C)(CN1CC2CCCC2C1)C(=O)NN. The molecule has 4 heteroatoms. The first kappa shape index (κ1) is 11.9. The second-order valence-corrected chi connectivity index (χ2v) is 6.00. The highest BCUT2D eigenvalue weighted by Gasteiger charge is 2.39. The van der Waals surface area contributed by atoms with Crippen molar-refractivity contribution in [2.24, 2.45) is 23.1 Å². The minimum Gasteiger partial charge on any atom is -0.302 e. The van der Waals surface area contributed by atoms with Crippen LogP contribution in [0.3, 0.4) is 0 Å². The smallest absolute Gasteiger partial charge is 0.240 e. The first-order valence-electron chi connectivity index (χ1n) is 6.26. The lowest BCUT2D eigenvalue weighted by atomic mass is 9.92. The van der Waals surface area contributed by atoms with E-state index in [1.807, 2.05) is 13.8 Å². The van der Waals surface area contributed by atoms with E-state index in [0.717, 1.165) is 18.4 Å². The van der Waals surface area contributed by atoms with Crippen LogP contribution in [0.4, 0.5) is 0 Å². The molecule has 0 spiro atoms. The quantitative estimate of drug-likeness (QED) is 0.423. The first-order valence-corrected chi connectivity index (χ1v) is 6.26. The predicted molar refractivity (Wildman–Crippen MR) is 63.4 cm³/mol. The Kier molecular flexibility index (Phi) is 3.22. The number of hydrogen-bond acceptors (Lipinski definition) is 3. The summed E-state index contributed by atoms with van der Waals surface area (Å²) in [4.78, 5) is 14.0. The molecule has 1 heterocycles. The Balaban J connectivity index is 1.89. The number of fused-ring (bicyclic) bond motifs is 1. The van der Waals surface area contributed by atoms with Crippen LogP contribution in [-0.2, 0) is 4.79 Å². The lowest BCUT2D eigenvalue weighted by Gasteiger charge is -2.28. The Hall–Kier alpha value is -0.610. The maximum absolute atomic E-state index is 11.6. The monoisotopic (exact) mass is 225 g/mol. The maximum atomic E-state index is 11.6. The molecule has 1 saturated heterocycles. The third-order valence-corrected chi connectivity index (χ3v) is 4.17. The third kappa shape index (κ3) is 2.23. The highest BCUT2D eigenvalue weighted by molar-refractivity contribution is 5.81. The zero-order valence-electron chi connectivity index (χ0n) is 10.3. The van der Waals surface area contributed by atoms with E-state index < -0.39 is 0 Å². The van der Waals surface area contributed by atoms with Gasteiger partial charge in [0.2, 0.25) is 5.91 Å². The van der Waals surface area contributed by atoms with Crippen molar-refractivity contribution in [2.45, 2.75) is 33.1 Å². The summed E-state index contributed by atoms with van der Waals surface area (Å²) in [5, 5.41) is 0. The van der Waals surface area contributed by atoms with E-state index in [2.05, 4.69) is 10.3 Å². The van der Waals surface area contributed by atoms with E-state index in [1.54, 1.807) is 0 Å². The molecule has 1 aliphatic heterocycles. The molecule has 16 heavy (non-hydrogen) atoms. The van der Waals surface area contributed by atoms with Crippen molar-refractivity contribution in [1.82, 2.24) is 10.3 Å². The summed E-state index contributed by atoms with van der Waals surface area (Å²) in [5.74, 6) is 6.91. The number of rotatable bonds is 3. The molecule has 2 unspecified atom stereocenters. The number of hydrazine groups is 1. The lowest BCUT2D eigenvalue weighted by molar-refractivity contribution is -0.130. The Bertz CT molecular complexity index is 265. The molecule has 0 radical (unpaired) electrons. The summed E-state index contributed by atoms with van der Waals surface area (Å²) in [6.45, 7) is 7.09. The Labute approximate surface area is 97.5 Å². The number of carbonyl (C=O) groups is 1. The average molecular weight is 225 g/mol. The third-order valence-electron chi connectivity index (χ3n) is 4.17. The van der Waals surface area contributed by atoms with Crippen LogP contribution in [0.25, 0.3) is 0 Å². The molecule has 0 aromatic carbocycles. The minimum absolute atomic E-state index is 0.0652. The molecule has 2 rings (SSSR count). The Morgan fingerprint density at radius 3 is 2.44 bits per heavy atom. The summed E-state index contributed by atoms with van der Waals surface area (Å²) in [7, 11) is 0. The van der Waals surface area contributed by atoms with Crippen molar-refractivity contribution in [3.05, 3.63) is 0 Å². The molecule has 1 aliphatic carbocycles. The van der Waals surface area contributed by atoms with E-state index in [4.69, 9.17) is 5.84 Å². The van der Waals surface area contributed by atoms with Crippen molar-refractivity contribution >= 4 is 5.91 Å². The van der Waals surface area contributed by atoms with Gasteiger partial charge >= 0.3 is 0 Å². The Morgan fingerprint density at radius 2 is 1.94 bits per heavy atom. The second kappa shape index (κ2) is 4.34. The van der Waals surface area contributed by atoms with Crippen molar-refractivity contribution in [3.8, 4) is 0 Å². The summed E-state index contributed by atoms with van der Waals surface area (Å²) < 4.78 is 0. The summed E-state index contributed by atoms with van der Waals surface area (Å²) in [6.07, 6.45) is 4.16. The molecular weight excluding hydrogens is 202 g/mol. The largest absolute Gasteiger partial charge is 0.302 e. The van der Waals surface area contributed by atoms with E-state index >= 15 is 0 Å². The van der Waals surface area contributed by atoms with Crippen molar-refractivity contribution in [2.75, 3.05) is 19.6 Å². The van der Waals surface area contributed by atoms with E-state index in [-0.39, 0.29) is 11.3 Å². The number of nitrogens with two attached hydrogens (primary N) is 1. The number of carbonyl (C=O) groups excluding carboxylic acids is 1. The molecule has 4 nitrogen and oxygen atoms in total. The minimum atomic E-state index is -0.382. The van der Waals surface area contributed by atoms with Crippen molar-refractivity contribution in [3.63, 3.8) is 0 Å². The summed E-state index contributed by atoms with van der Waals surface area (Å²) in [6, 6.07) is 0. The molecule has 0 aromatic rings. The number of likely N-dealkylation sites (tertiary alicyclic amines) is 1. The molecule has 3 N–H and O–H groups in total. The van der Waals surface area contributed by atoms with Gasteiger partial charge in [-0.2, -0.15) is 0 Å². The topological polar surface area (TPSA) is 58.4 Å². The number of hydrogen-bond donors (Lipinski definition) is 2. The normalized spacial score (nSPS) is 30.4. The molecule has 92 valence electrons. The van der Waals surface area contributed by atoms with Crippen LogP contribution in [0.1, 0.15) is 33.1 Å². The van der Waals surface area contributed by atoms with Crippen LogP contribution in [-0.4, -0.2) is 30.4 Å². The summed E-state index contributed by atoms with van der Waals surface area (Å²) >= 11 is 0. The molecule has 2 fully saturated rings. The van der Waals surface area contributed by atoms with Crippen LogP contribution in [0.5, 0.6) is 0 Å². The zero-order chi connectivity index (χ0) is 11.8. The number of nitrogens with zero attached hydrogens (tertiary/aromatic N) is 1. The van der Waals surface area contributed by atoms with E-state index in [9.17, 15) is 4.79 Å². The van der Waals surface area contributed by atoms with Crippen LogP contribution in [0.2, 0.25) is 0 Å². The molecule has 2 aliphatic rings. The highest BCUT2D eigenvalue weighted by Crippen LogP contribution is 2.38. The fourth-order valence-corrected chi connectivity index (χ4v) is 3.29. The van der Waals surface area contributed by atoms with Gasteiger partial charge in [-0.1, -0.05) is 6.42 Å². The van der Waals surface area contributed by atoms with E-state index in [1.165, 1.54) is 32.4 Å². The zero-order valence-corrected chi connectivity index (χ0v) is 10.3. The van der Waals surface area contributed by atoms with Crippen LogP contribution in [0.15, 0.2) is 0 Å². The van der Waals surface area contributed by atoms with Crippen molar-refractivity contribution < 1.29 is 4.79 Å². The highest BCUT2D eigenvalue weighted by atomic mass is 16.2. The van der Waals surface area contributed by atoms with Gasteiger partial charge in [0, 0.05) is 19.6 Å². The molecule has 1 saturated carbocycles.